The molecule has 2 aromatic heterocycles. The molecule has 3 rings (SSSR count). The van der Waals surface area contributed by atoms with E-state index in [-0.39, 0.29) is 0 Å². The first-order valence-corrected chi connectivity index (χ1v) is 6.69. The molecule has 0 saturated carbocycles. The zero-order valence-electron chi connectivity index (χ0n) is 11.7. The minimum absolute atomic E-state index is 0.556. The first-order chi connectivity index (χ1) is 10.8. The Kier molecular flexibility index (Phi) is 3.98. The molecule has 0 aliphatic carbocycles. The maximum absolute atomic E-state index is 8.79. The van der Waals surface area contributed by atoms with Crippen LogP contribution in [0.4, 0.5) is 17.3 Å². The molecule has 2 heterocycles. The van der Waals surface area contributed by atoms with Gasteiger partial charge in [-0.3, -0.25) is 0 Å². The van der Waals surface area contributed by atoms with Gasteiger partial charge in [0.1, 0.15) is 23.7 Å². The van der Waals surface area contributed by atoms with Crippen LogP contribution in [0.2, 0.25) is 0 Å². The predicted octanol–water partition coefficient (Wildman–Crippen LogP) is 3.30. The maximum Gasteiger partial charge on any atom is 0.135 e. The van der Waals surface area contributed by atoms with Crippen LogP contribution in [-0.2, 0) is 6.54 Å². The van der Waals surface area contributed by atoms with E-state index in [1.807, 2.05) is 24.3 Å². The van der Waals surface area contributed by atoms with Crippen LogP contribution < -0.4 is 10.6 Å². The highest BCUT2D eigenvalue weighted by molar-refractivity contribution is 5.59. The molecule has 0 radical (unpaired) electrons. The number of nitrogens with zero attached hydrogens (tertiary/aromatic N) is 3. The molecule has 2 N–H and O–H groups in total. The number of benzene rings is 1. The van der Waals surface area contributed by atoms with Gasteiger partial charge < -0.3 is 15.1 Å². The monoisotopic (exact) mass is 291 g/mol. The molecule has 0 saturated heterocycles. The number of nitrogens with one attached hydrogen (secondary N) is 2. The van der Waals surface area contributed by atoms with E-state index in [2.05, 4.69) is 26.7 Å². The van der Waals surface area contributed by atoms with Crippen LogP contribution in [0.1, 0.15) is 11.3 Å². The number of hydrogen-bond donors (Lipinski definition) is 2. The van der Waals surface area contributed by atoms with Crippen LogP contribution in [0.25, 0.3) is 0 Å². The van der Waals surface area contributed by atoms with E-state index in [4.69, 9.17) is 9.68 Å². The van der Waals surface area contributed by atoms with Crippen molar-refractivity contribution in [2.45, 2.75) is 6.54 Å². The molecular formula is C16H13N5O. The van der Waals surface area contributed by atoms with Crippen molar-refractivity contribution in [3.05, 3.63) is 66.4 Å². The number of hydrogen-bond acceptors (Lipinski definition) is 6. The first kappa shape index (κ1) is 13.6. The van der Waals surface area contributed by atoms with Crippen molar-refractivity contribution in [3.63, 3.8) is 0 Å². The fourth-order valence-corrected chi connectivity index (χ4v) is 1.89. The summed E-state index contributed by atoms with van der Waals surface area (Å²) in [5, 5.41) is 15.1. The van der Waals surface area contributed by atoms with Crippen molar-refractivity contribution in [1.82, 2.24) is 9.97 Å². The lowest BCUT2D eigenvalue weighted by Gasteiger charge is -2.08. The summed E-state index contributed by atoms with van der Waals surface area (Å²) in [5.74, 6) is 2.20. The van der Waals surface area contributed by atoms with Crippen molar-refractivity contribution >= 4 is 17.3 Å². The van der Waals surface area contributed by atoms with E-state index in [1.165, 1.54) is 6.33 Å². The molecule has 22 heavy (non-hydrogen) atoms. The predicted molar refractivity (Wildman–Crippen MR) is 82.5 cm³/mol. The van der Waals surface area contributed by atoms with Crippen LogP contribution >= 0.6 is 0 Å². The maximum atomic E-state index is 8.79. The Bertz CT molecular complexity index is 775. The Labute approximate surface area is 127 Å². The van der Waals surface area contributed by atoms with Gasteiger partial charge >= 0.3 is 0 Å². The van der Waals surface area contributed by atoms with Gasteiger partial charge in [-0.05, 0) is 36.4 Å². The number of aromatic nitrogens is 2. The SMILES string of the molecule is N#Cc1ccc(Nc2cc(NCc3ccco3)ncn2)cc1. The summed E-state index contributed by atoms with van der Waals surface area (Å²) in [6, 6.07) is 14.8. The largest absolute Gasteiger partial charge is 0.467 e. The summed E-state index contributed by atoms with van der Waals surface area (Å²) < 4.78 is 5.26. The van der Waals surface area contributed by atoms with E-state index in [0.717, 1.165) is 11.4 Å². The Balaban J connectivity index is 1.66. The van der Waals surface area contributed by atoms with Gasteiger partial charge in [0.25, 0.3) is 0 Å². The van der Waals surface area contributed by atoms with Crippen molar-refractivity contribution in [2.75, 3.05) is 10.6 Å². The van der Waals surface area contributed by atoms with E-state index >= 15 is 0 Å². The van der Waals surface area contributed by atoms with Gasteiger partial charge in [0, 0.05) is 11.8 Å². The molecule has 0 atom stereocenters. The highest BCUT2D eigenvalue weighted by Crippen LogP contribution is 2.17. The van der Waals surface area contributed by atoms with E-state index in [0.29, 0.717) is 23.7 Å². The average molecular weight is 291 g/mol. The van der Waals surface area contributed by atoms with Gasteiger partial charge in [-0.25, -0.2) is 9.97 Å². The van der Waals surface area contributed by atoms with Crippen LogP contribution in [-0.4, -0.2) is 9.97 Å². The van der Waals surface area contributed by atoms with Gasteiger partial charge in [0.15, 0.2) is 0 Å². The lowest BCUT2D eigenvalue weighted by molar-refractivity contribution is 0.518. The smallest absolute Gasteiger partial charge is 0.135 e. The van der Waals surface area contributed by atoms with Gasteiger partial charge in [-0.2, -0.15) is 5.26 Å². The Morgan fingerprint density at radius 2 is 1.91 bits per heavy atom. The molecule has 0 spiro atoms. The highest BCUT2D eigenvalue weighted by Gasteiger charge is 2.01. The molecule has 6 heteroatoms. The van der Waals surface area contributed by atoms with E-state index in [1.54, 1.807) is 24.5 Å². The molecule has 0 fully saturated rings. The standard InChI is InChI=1S/C16H13N5O/c17-9-12-3-5-13(6-4-12)21-16-8-15(19-11-20-16)18-10-14-2-1-7-22-14/h1-8,11H,10H2,(H2,18,19,20,21). The van der Waals surface area contributed by atoms with E-state index < -0.39 is 0 Å². The van der Waals surface area contributed by atoms with Crippen molar-refractivity contribution in [2.24, 2.45) is 0 Å². The lowest BCUT2D eigenvalue weighted by Crippen LogP contribution is -2.02. The molecular weight excluding hydrogens is 278 g/mol. The van der Waals surface area contributed by atoms with Gasteiger partial charge in [0.2, 0.25) is 0 Å². The molecule has 3 aromatic rings. The first-order valence-electron chi connectivity index (χ1n) is 6.69. The highest BCUT2D eigenvalue weighted by atomic mass is 16.3. The Morgan fingerprint density at radius 1 is 1.09 bits per heavy atom. The summed E-state index contributed by atoms with van der Waals surface area (Å²) in [4.78, 5) is 8.33. The van der Waals surface area contributed by atoms with Crippen LogP contribution in [0.3, 0.4) is 0 Å². The Morgan fingerprint density at radius 3 is 2.64 bits per heavy atom. The molecule has 0 bridgehead atoms. The van der Waals surface area contributed by atoms with Gasteiger partial charge in [-0.1, -0.05) is 0 Å². The van der Waals surface area contributed by atoms with E-state index in [9.17, 15) is 0 Å². The molecule has 0 amide bonds. The summed E-state index contributed by atoms with van der Waals surface area (Å²) in [5.41, 5.74) is 1.48. The van der Waals surface area contributed by atoms with Crippen LogP contribution in [0.15, 0.2) is 59.5 Å². The molecule has 1 aromatic carbocycles. The third-order valence-electron chi connectivity index (χ3n) is 2.98. The Hall–Kier alpha value is -3.33. The van der Waals surface area contributed by atoms with Crippen LogP contribution in [0, 0.1) is 11.3 Å². The second-order valence-corrected chi connectivity index (χ2v) is 4.54. The van der Waals surface area contributed by atoms with Crippen molar-refractivity contribution in [3.8, 4) is 6.07 Å². The zero-order chi connectivity index (χ0) is 15.2. The quantitative estimate of drug-likeness (QED) is 0.750. The minimum atomic E-state index is 0.556. The second-order valence-electron chi connectivity index (χ2n) is 4.54. The van der Waals surface area contributed by atoms with Crippen molar-refractivity contribution < 1.29 is 4.42 Å². The fraction of sp³-hybridized carbons (Fsp3) is 0.0625. The zero-order valence-corrected chi connectivity index (χ0v) is 11.7. The molecule has 108 valence electrons. The molecule has 6 nitrogen and oxygen atoms in total. The third-order valence-corrected chi connectivity index (χ3v) is 2.98. The average Bonchev–Trinajstić information content (AvgIpc) is 3.08. The third kappa shape index (κ3) is 3.41. The van der Waals surface area contributed by atoms with Crippen molar-refractivity contribution in [1.29, 1.82) is 5.26 Å². The lowest BCUT2D eigenvalue weighted by atomic mass is 10.2. The summed E-state index contributed by atoms with van der Waals surface area (Å²) in [6.07, 6.45) is 3.12. The number of nitriles is 1. The summed E-state index contributed by atoms with van der Waals surface area (Å²) in [6.45, 7) is 0.556. The number of rotatable bonds is 5. The summed E-state index contributed by atoms with van der Waals surface area (Å²) >= 11 is 0. The fourth-order valence-electron chi connectivity index (χ4n) is 1.89. The number of furan rings is 1. The normalized spacial score (nSPS) is 9.95. The number of anilines is 3. The second kappa shape index (κ2) is 6.41. The van der Waals surface area contributed by atoms with Gasteiger partial charge in [0.05, 0.1) is 24.4 Å². The van der Waals surface area contributed by atoms with Crippen LogP contribution in [0.5, 0.6) is 0 Å². The molecule has 0 aliphatic rings. The summed E-state index contributed by atoms with van der Waals surface area (Å²) in [7, 11) is 0. The molecule has 0 unspecified atom stereocenters. The molecule has 0 aliphatic heterocycles. The topological polar surface area (TPSA) is 86.8 Å². The van der Waals surface area contributed by atoms with Gasteiger partial charge in [-0.15, -0.1) is 0 Å². The minimum Gasteiger partial charge on any atom is -0.467 e.